The topological polar surface area (TPSA) is 12.9 Å². The van der Waals surface area contributed by atoms with Gasteiger partial charge in [0.15, 0.2) is 0 Å². The number of alkyl halides is 1. The summed E-state index contributed by atoms with van der Waals surface area (Å²) in [6.45, 7) is 0. The third-order valence-corrected chi connectivity index (χ3v) is 3.74. The predicted octanol–water partition coefficient (Wildman–Crippen LogP) is 4.74. The first-order valence-corrected chi connectivity index (χ1v) is 7.44. The van der Waals surface area contributed by atoms with Crippen molar-refractivity contribution in [3.63, 3.8) is 0 Å². The lowest BCUT2D eigenvalue weighted by Crippen LogP contribution is -1.84. The van der Waals surface area contributed by atoms with Gasteiger partial charge in [-0.05, 0) is 46.7 Å². The quantitative estimate of drug-likeness (QED) is 0.410. The second-order valence-electron chi connectivity index (χ2n) is 3.27. The number of thioether (sulfide) groups is 1. The molecule has 0 spiro atoms. The fraction of sp³-hybridized carbons (Fsp3) is 0.545. The summed E-state index contributed by atoms with van der Waals surface area (Å²) in [6, 6.07) is 4.08. The zero-order valence-electron chi connectivity index (χ0n) is 8.59. The molecule has 0 fully saturated rings. The first-order valence-electron chi connectivity index (χ1n) is 5.13. The third-order valence-electron chi connectivity index (χ3n) is 1.98. The Hall–Kier alpha value is 0.270. The molecule has 0 radical (unpaired) electrons. The van der Waals surface area contributed by atoms with Crippen LogP contribution in [-0.2, 0) is 0 Å². The van der Waals surface area contributed by atoms with Crippen LogP contribution >= 0.6 is 39.3 Å². The van der Waals surface area contributed by atoms with E-state index in [-0.39, 0.29) is 0 Å². The summed E-state index contributed by atoms with van der Waals surface area (Å²) >= 11 is 10.8. The summed E-state index contributed by atoms with van der Waals surface area (Å²) in [6.07, 6.45) is 6.76. The van der Waals surface area contributed by atoms with E-state index in [4.69, 9.17) is 11.6 Å². The van der Waals surface area contributed by atoms with Crippen molar-refractivity contribution in [3.8, 4) is 0 Å². The lowest BCUT2D eigenvalue weighted by molar-refractivity contribution is 0.709. The zero-order chi connectivity index (χ0) is 10.9. The molecule has 0 saturated carbocycles. The van der Waals surface area contributed by atoms with Crippen LogP contribution in [0.1, 0.15) is 25.7 Å². The van der Waals surface area contributed by atoms with Crippen LogP contribution in [0, 0.1) is 0 Å². The molecule has 1 aromatic rings. The lowest BCUT2D eigenvalue weighted by atomic mass is 10.2. The minimum Gasteiger partial charge on any atom is -0.249 e. The van der Waals surface area contributed by atoms with Crippen molar-refractivity contribution in [3.05, 3.63) is 22.8 Å². The average Bonchev–Trinajstić information content (AvgIpc) is 2.26. The maximum atomic E-state index is 5.61. The highest BCUT2D eigenvalue weighted by atomic mass is 79.9. The van der Waals surface area contributed by atoms with Gasteiger partial charge in [-0.1, -0.05) is 12.8 Å². The number of aromatic nitrogens is 1. The molecule has 0 saturated heterocycles. The van der Waals surface area contributed by atoms with Gasteiger partial charge in [0.1, 0.15) is 0 Å². The van der Waals surface area contributed by atoms with Crippen LogP contribution in [0.4, 0.5) is 0 Å². The van der Waals surface area contributed by atoms with Crippen LogP contribution in [0.15, 0.2) is 27.8 Å². The monoisotopic (exact) mass is 307 g/mol. The van der Waals surface area contributed by atoms with Crippen molar-refractivity contribution in [2.45, 2.75) is 30.7 Å². The van der Waals surface area contributed by atoms with Gasteiger partial charge in [-0.2, -0.15) is 0 Å². The van der Waals surface area contributed by atoms with E-state index in [2.05, 4.69) is 20.9 Å². The fourth-order valence-corrected chi connectivity index (χ4v) is 2.45. The average molecular weight is 309 g/mol. The Morgan fingerprint density at radius 2 is 2.00 bits per heavy atom. The number of unbranched alkanes of at least 4 members (excludes halogenated alkanes) is 3. The molecular weight excluding hydrogens is 294 g/mol. The van der Waals surface area contributed by atoms with Crippen LogP contribution in [0.2, 0.25) is 0 Å². The number of halogens is 2. The minimum absolute atomic E-state index is 0.793. The molecule has 0 aliphatic carbocycles. The van der Waals surface area contributed by atoms with Gasteiger partial charge in [-0.3, -0.25) is 0 Å². The Morgan fingerprint density at radius 3 is 2.67 bits per heavy atom. The minimum atomic E-state index is 0.793. The van der Waals surface area contributed by atoms with Crippen molar-refractivity contribution < 1.29 is 0 Å². The van der Waals surface area contributed by atoms with Crippen LogP contribution in [-0.4, -0.2) is 16.6 Å². The molecule has 0 bridgehead atoms. The molecule has 0 aromatic carbocycles. The van der Waals surface area contributed by atoms with E-state index in [9.17, 15) is 0 Å². The van der Waals surface area contributed by atoms with Crippen molar-refractivity contribution >= 4 is 39.3 Å². The van der Waals surface area contributed by atoms with Crippen LogP contribution in [0.3, 0.4) is 0 Å². The third kappa shape index (κ3) is 6.44. The maximum absolute atomic E-state index is 5.61. The van der Waals surface area contributed by atoms with Crippen LogP contribution in [0.5, 0.6) is 0 Å². The molecule has 0 atom stereocenters. The highest BCUT2D eigenvalue weighted by molar-refractivity contribution is 9.10. The van der Waals surface area contributed by atoms with Gasteiger partial charge < -0.3 is 0 Å². The Kier molecular flexibility index (Phi) is 7.49. The van der Waals surface area contributed by atoms with E-state index in [1.807, 2.05) is 30.1 Å². The number of hydrogen-bond acceptors (Lipinski definition) is 2. The summed E-state index contributed by atoms with van der Waals surface area (Å²) in [4.78, 5) is 4.31. The van der Waals surface area contributed by atoms with Crippen LogP contribution in [0.25, 0.3) is 0 Å². The maximum Gasteiger partial charge on any atom is 0.0960 e. The Bertz CT molecular complexity index is 266. The largest absolute Gasteiger partial charge is 0.249 e. The molecule has 0 amide bonds. The molecule has 0 N–H and O–H groups in total. The van der Waals surface area contributed by atoms with Crippen molar-refractivity contribution in [2.75, 3.05) is 11.6 Å². The number of pyridine rings is 1. The molecule has 0 aliphatic heterocycles. The zero-order valence-corrected chi connectivity index (χ0v) is 11.7. The normalized spacial score (nSPS) is 10.5. The SMILES string of the molecule is ClCCCCCCSc1ccc(Br)cn1. The predicted molar refractivity (Wildman–Crippen MR) is 71.8 cm³/mol. The Morgan fingerprint density at radius 1 is 1.20 bits per heavy atom. The van der Waals surface area contributed by atoms with Crippen molar-refractivity contribution in [1.29, 1.82) is 0 Å². The summed E-state index contributed by atoms with van der Waals surface area (Å²) in [5, 5.41) is 1.11. The van der Waals surface area contributed by atoms with E-state index >= 15 is 0 Å². The van der Waals surface area contributed by atoms with Gasteiger partial charge in [0.25, 0.3) is 0 Å². The van der Waals surface area contributed by atoms with E-state index in [0.717, 1.165) is 27.6 Å². The summed E-state index contributed by atoms with van der Waals surface area (Å²) in [5.74, 6) is 1.94. The highest BCUT2D eigenvalue weighted by Crippen LogP contribution is 2.19. The highest BCUT2D eigenvalue weighted by Gasteiger charge is 1.95. The summed E-state index contributed by atoms with van der Waals surface area (Å²) in [5.41, 5.74) is 0. The van der Waals surface area contributed by atoms with Crippen molar-refractivity contribution in [2.24, 2.45) is 0 Å². The Balaban J connectivity index is 2.07. The van der Waals surface area contributed by atoms with E-state index in [1.54, 1.807) is 0 Å². The van der Waals surface area contributed by atoms with Gasteiger partial charge in [-0.25, -0.2) is 4.98 Å². The fourth-order valence-electron chi connectivity index (χ4n) is 1.17. The standard InChI is InChI=1S/C11H15BrClNS/c12-10-5-6-11(14-9-10)15-8-4-2-1-3-7-13/h5-6,9H,1-4,7-8H2. The summed E-state index contributed by atoms with van der Waals surface area (Å²) in [7, 11) is 0. The second-order valence-corrected chi connectivity index (χ2v) is 5.68. The number of rotatable bonds is 7. The van der Waals surface area contributed by atoms with E-state index in [0.29, 0.717) is 0 Å². The van der Waals surface area contributed by atoms with Gasteiger partial charge in [0.2, 0.25) is 0 Å². The van der Waals surface area contributed by atoms with Gasteiger partial charge in [0, 0.05) is 16.5 Å². The smallest absolute Gasteiger partial charge is 0.0960 e. The first-order chi connectivity index (χ1) is 7.33. The lowest BCUT2D eigenvalue weighted by Gasteiger charge is -2.00. The molecule has 0 unspecified atom stereocenters. The molecule has 15 heavy (non-hydrogen) atoms. The van der Waals surface area contributed by atoms with Gasteiger partial charge >= 0.3 is 0 Å². The Labute approximate surface area is 109 Å². The molecule has 1 rings (SSSR count). The van der Waals surface area contributed by atoms with E-state index in [1.165, 1.54) is 19.3 Å². The van der Waals surface area contributed by atoms with Crippen LogP contribution < -0.4 is 0 Å². The molecule has 1 nitrogen and oxygen atoms in total. The number of nitrogens with zero attached hydrogens (tertiary/aromatic N) is 1. The second kappa shape index (κ2) is 8.43. The molecule has 84 valence electrons. The summed E-state index contributed by atoms with van der Waals surface area (Å²) < 4.78 is 1.04. The molecule has 1 heterocycles. The van der Waals surface area contributed by atoms with E-state index < -0.39 is 0 Å². The molecule has 1 aromatic heterocycles. The molecular formula is C11H15BrClNS. The molecule has 4 heteroatoms. The van der Waals surface area contributed by atoms with Crippen molar-refractivity contribution in [1.82, 2.24) is 4.98 Å². The molecule has 0 aliphatic rings. The first kappa shape index (κ1) is 13.3. The van der Waals surface area contributed by atoms with Gasteiger partial charge in [0.05, 0.1) is 5.03 Å². The van der Waals surface area contributed by atoms with Gasteiger partial charge in [-0.15, -0.1) is 23.4 Å². The number of hydrogen-bond donors (Lipinski definition) is 0.